The first-order valence-electron chi connectivity index (χ1n) is 6.19. The van der Waals surface area contributed by atoms with Crippen LogP contribution in [0, 0.1) is 0 Å². The average molecular weight is 215 g/mol. The van der Waals surface area contributed by atoms with Gasteiger partial charge in [-0.15, -0.1) is 0 Å². The van der Waals surface area contributed by atoms with Gasteiger partial charge in [-0.2, -0.15) is 0 Å². The van der Waals surface area contributed by atoms with Crippen molar-refractivity contribution >= 4 is 0 Å². The largest absolute Gasteiger partial charge is 0.382 e. The molecule has 1 atom stereocenters. The lowest BCUT2D eigenvalue weighted by Crippen LogP contribution is -2.41. The van der Waals surface area contributed by atoms with Crippen LogP contribution in [0.15, 0.2) is 0 Å². The Hall–Kier alpha value is -0.120. The van der Waals surface area contributed by atoms with Gasteiger partial charge in [-0.3, -0.25) is 4.90 Å². The van der Waals surface area contributed by atoms with E-state index in [9.17, 15) is 0 Å². The topological polar surface area (TPSA) is 21.7 Å². The lowest BCUT2D eigenvalue weighted by atomic mass is 10.0. The summed E-state index contributed by atoms with van der Waals surface area (Å²) in [6.45, 7) is 6.90. The Balaban J connectivity index is 2.07. The monoisotopic (exact) mass is 215 g/mol. The van der Waals surface area contributed by atoms with Gasteiger partial charge in [0, 0.05) is 19.7 Å². The zero-order valence-electron chi connectivity index (χ0n) is 10.2. The van der Waals surface area contributed by atoms with Gasteiger partial charge in [0.25, 0.3) is 0 Å². The fourth-order valence-corrected chi connectivity index (χ4v) is 2.24. The molecule has 0 radical (unpaired) electrons. The Kier molecular flexibility index (Phi) is 6.98. The van der Waals surface area contributed by atoms with Crippen LogP contribution in [0.4, 0.5) is 0 Å². The van der Waals surface area contributed by atoms with Crippen LogP contribution in [0.3, 0.4) is 0 Å². The molecule has 0 amide bonds. The van der Waals surface area contributed by atoms with Crippen molar-refractivity contribution in [2.45, 2.75) is 38.6 Å². The molecule has 1 fully saturated rings. The predicted octanol–water partition coefficient (Wildman–Crippen LogP) is 1.91. The molecule has 3 nitrogen and oxygen atoms in total. The van der Waals surface area contributed by atoms with Gasteiger partial charge >= 0.3 is 0 Å². The van der Waals surface area contributed by atoms with Crippen molar-refractivity contribution in [1.82, 2.24) is 4.90 Å². The van der Waals surface area contributed by atoms with Crippen LogP contribution in [-0.2, 0) is 9.47 Å². The minimum atomic E-state index is 0.706. The maximum Gasteiger partial charge on any atom is 0.0700 e. The first-order chi connectivity index (χ1) is 7.38. The highest BCUT2D eigenvalue weighted by atomic mass is 16.5. The second kappa shape index (κ2) is 8.08. The number of rotatable bonds is 7. The standard InChI is InChI=1S/C12H25NO2/c1-3-12-6-4-5-7-13(12)8-9-15-11-10-14-2/h12H,3-11H2,1-2H3. The van der Waals surface area contributed by atoms with Gasteiger partial charge in [0.1, 0.15) is 0 Å². The Morgan fingerprint density at radius 3 is 2.80 bits per heavy atom. The van der Waals surface area contributed by atoms with Gasteiger partial charge in [0.15, 0.2) is 0 Å². The van der Waals surface area contributed by atoms with Crippen molar-refractivity contribution in [3.05, 3.63) is 0 Å². The van der Waals surface area contributed by atoms with Crippen molar-refractivity contribution < 1.29 is 9.47 Å². The first kappa shape index (κ1) is 12.9. The van der Waals surface area contributed by atoms with Crippen molar-refractivity contribution in [2.24, 2.45) is 0 Å². The maximum absolute atomic E-state index is 5.50. The van der Waals surface area contributed by atoms with Gasteiger partial charge in [-0.25, -0.2) is 0 Å². The van der Waals surface area contributed by atoms with E-state index >= 15 is 0 Å². The van der Waals surface area contributed by atoms with Crippen LogP contribution < -0.4 is 0 Å². The number of nitrogens with zero attached hydrogens (tertiary/aromatic N) is 1. The molecule has 0 aromatic carbocycles. The molecule has 1 unspecified atom stereocenters. The van der Waals surface area contributed by atoms with Crippen LogP contribution in [0.5, 0.6) is 0 Å². The number of hydrogen-bond acceptors (Lipinski definition) is 3. The second-order valence-corrected chi connectivity index (χ2v) is 4.20. The van der Waals surface area contributed by atoms with Crippen LogP contribution in [0.25, 0.3) is 0 Å². The molecule has 3 heteroatoms. The minimum Gasteiger partial charge on any atom is -0.382 e. The molecule has 0 saturated carbocycles. The summed E-state index contributed by atoms with van der Waals surface area (Å²) in [4.78, 5) is 2.58. The molecule has 1 aliphatic rings. The molecule has 1 rings (SSSR count). The molecule has 0 bridgehead atoms. The lowest BCUT2D eigenvalue weighted by molar-refractivity contribution is 0.0418. The zero-order valence-corrected chi connectivity index (χ0v) is 10.2. The van der Waals surface area contributed by atoms with E-state index in [-0.39, 0.29) is 0 Å². The minimum absolute atomic E-state index is 0.706. The summed E-state index contributed by atoms with van der Waals surface area (Å²) in [7, 11) is 1.71. The second-order valence-electron chi connectivity index (χ2n) is 4.20. The molecule has 0 aromatic rings. The number of likely N-dealkylation sites (tertiary alicyclic amines) is 1. The van der Waals surface area contributed by atoms with Crippen molar-refractivity contribution in [2.75, 3.05) is 40.0 Å². The third kappa shape index (κ3) is 4.96. The molecule has 90 valence electrons. The number of methoxy groups -OCH3 is 1. The van der Waals surface area contributed by atoms with Crippen molar-refractivity contribution in [1.29, 1.82) is 0 Å². The van der Waals surface area contributed by atoms with E-state index in [2.05, 4.69) is 11.8 Å². The van der Waals surface area contributed by atoms with Crippen LogP contribution in [-0.4, -0.2) is 51.0 Å². The molecule has 0 aliphatic carbocycles. The smallest absolute Gasteiger partial charge is 0.0700 e. The molecule has 1 aliphatic heterocycles. The van der Waals surface area contributed by atoms with Gasteiger partial charge in [-0.05, 0) is 25.8 Å². The highest BCUT2D eigenvalue weighted by Crippen LogP contribution is 2.18. The van der Waals surface area contributed by atoms with E-state index in [1.807, 2.05) is 0 Å². The van der Waals surface area contributed by atoms with E-state index in [4.69, 9.17) is 9.47 Å². The van der Waals surface area contributed by atoms with E-state index in [0.717, 1.165) is 25.8 Å². The molecule has 15 heavy (non-hydrogen) atoms. The van der Waals surface area contributed by atoms with Gasteiger partial charge in [0.2, 0.25) is 0 Å². The van der Waals surface area contributed by atoms with Gasteiger partial charge in [0.05, 0.1) is 19.8 Å². The summed E-state index contributed by atoms with van der Waals surface area (Å²) in [6.07, 6.45) is 5.40. The molecule has 1 saturated heterocycles. The van der Waals surface area contributed by atoms with Gasteiger partial charge < -0.3 is 9.47 Å². The Morgan fingerprint density at radius 1 is 1.20 bits per heavy atom. The predicted molar refractivity (Wildman–Crippen MR) is 62.2 cm³/mol. The third-order valence-corrected chi connectivity index (χ3v) is 3.17. The molecular formula is C12H25NO2. The number of piperidine rings is 1. The van der Waals surface area contributed by atoms with Crippen molar-refractivity contribution in [3.8, 4) is 0 Å². The summed E-state index contributed by atoms with van der Waals surface area (Å²) in [5.74, 6) is 0. The fraction of sp³-hybridized carbons (Fsp3) is 1.00. The average Bonchev–Trinajstić information content (AvgIpc) is 2.29. The molecule has 0 N–H and O–H groups in total. The molecular weight excluding hydrogens is 190 g/mol. The summed E-state index contributed by atoms with van der Waals surface area (Å²) in [5, 5.41) is 0. The Labute approximate surface area is 93.7 Å². The van der Waals surface area contributed by atoms with E-state index < -0.39 is 0 Å². The molecule has 0 spiro atoms. The number of hydrogen-bond donors (Lipinski definition) is 0. The van der Waals surface area contributed by atoms with E-state index in [0.29, 0.717) is 6.61 Å². The lowest BCUT2D eigenvalue weighted by Gasteiger charge is -2.35. The highest BCUT2D eigenvalue weighted by molar-refractivity contribution is 4.75. The van der Waals surface area contributed by atoms with E-state index in [1.165, 1.54) is 32.2 Å². The Bertz CT molecular complexity index is 153. The third-order valence-electron chi connectivity index (χ3n) is 3.17. The fourth-order valence-electron chi connectivity index (χ4n) is 2.24. The van der Waals surface area contributed by atoms with Crippen molar-refractivity contribution in [3.63, 3.8) is 0 Å². The molecule has 0 aromatic heterocycles. The van der Waals surface area contributed by atoms with E-state index in [1.54, 1.807) is 7.11 Å². The highest BCUT2D eigenvalue weighted by Gasteiger charge is 2.19. The Morgan fingerprint density at radius 2 is 2.07 bits per heavy atom. The van der Waals surface area contributed by atoms with Crippen LogP contribution >= 0.6 is 0 Å². The van der Waals surface area contributed by atoms with Gasteiger partial charge in [-0.1, -0.05) is 13.3 Å². The van der Waals surface area contributed by atoms with Crippen LogP contribution in [0.1, 0.15) is 32.6 Å². The SMILES string of the molecule is CCC1CCCCN1CCOCCOC. The molecule has 1 heterocycles. The summed E-state index contributed by atoms with van der Waals surface area (Å²) in [5.41, 5.74) is 0. The quantitative estimate of drug-likeness (QED) is 0.606. The summed E-state index contributed by atoms with van der Waals surface area (Å²) in [6, 6.07) is 0.796. The number of ether oxygens (including phenoxy) is 2. The summed E-state index contributed by atoms with van der Waals surface area (Å²) < 4.78 is 10.4. The zero-order chi connectivity index (χ0) is 10.9. The normalized spacial score (nSPS) is 23.2. The summed E-state index contributed by atoms with van der Waals surface area (Å²) >= 11 is 0. The van der Waals surface area contributed by atoms with Crippen LogP contribution in [0.2, 0.25) is 0 Å². The maximum atomic E-state index is 5.50. The first-order valence-corrected chi connectivity index (χ1v) is 6.19.